The number of carbonyl (C=O) groups excluding carboxylic acids is 1. The Morgan fingerprint density at radius 3 is 2.77 bits per heavy atom. The van der Waals surface area contributed by atoms with E-state index >= 15 is 0 Å². The van der Waals surface area contributed by atoms with E-state index in [9.17, 15) is 4.79 Å². The molecule has 0 bridgehead atoms. The number of hydrogen-bond acceptors (Lipinski definition) is 3. The highest BCUT2D eigenvalue weighted by Crippen LogP contribution is 2.42. The minimum Gasteiger partial charge on any atom is -0.497 e. The average Bonchev–Trinajstić information content (AvgIpc) is 3.12. The highest BCUT2D eigenvalue weighted by Gasteiger charge is 2.49. The summed E-state index contributed by atoms with van der Waals surface area (Å²) < 4.78 is 5.34. The van der Waals surface area contributed by atoms with E-state index in [-0.39, 0.29) is 5.41 Å². The Balaban J connectivity index is 1.44. The predicted octanol–water partition coefficient (Wildman–Crippen LogP) is 3.84. The van der Waals surface area contributed by atoms with Crippen LogP contribution in [0.1, 0.15) is 56.9 Å². The van der Waals surface area contributed by atoms with Crippen LogP contribution in [0.4, 0.5) is 0 Å². The summed E-state index contributed by atoms with van der Waals surface area (Å²) in [6.45, 7) is 3.71. The summed E-state index contributed by atoms with van der Waals surface area (Å²) in [5.41, 5.74) is 1.05. The number of ether oxygens (including phenoxy) is 1. The molecule has 1 atom stereocenters. The number of piperidine rings is 1. The maximum atomic E-state index is 13.4. The number of methoxy groups -OCH3 is 1. The second-order valence-electron chi connectivity index (χ2n) is 8.47. The first kappa shape index (κ1) is 17.8. The van der Waals surface area contributed by atoms with E-state index in [0.717, 1.165) is 56.3 Å². The van der Waals surface area contributed by atoms with Crippen molar-refractivity contribution < 1.29 is 9.53 Å². The monoisotopic (exact) mass is 356 g/mol. The minimum atomic E-state index is -0.117. The van der Waals surface area contributed by atoms with Gasteiger partial charge in [0.15, 0.2) is 0 Å². The zero-order valence-corrected chi connectivity index (χ0v) is 16.1. The normalized spacial score (nSPS) is 28.0. The van der Waals surface area contributed by atoms with E-state index in [1.807, 2.05) is 12.1 Å². The lowest BCUT2D eigenvalue weighted by molar-refractivity contribution is -0.146. The third-order valence-electron chi connectivity index (χ3n) is 6.81. The first-order valence-corrected chi connectivity index (χ1v) is 10.4. The maximum absolute atomic E-state index is 13.4. The molecule has 1 aliphatic carbocycles. The molecule has 142 valence electrons. The molecule has 2 heterocycles. The molecule has 2 aliphatic heterocycles. The Morgan fingerprint density at radius 1 is 1.12 bits per heavy atom. The van der Waals surface area contributed by atoms with Crippen molar-refractivity contribution in [1.29, 1.82) is 0 Å². The van der Waals surface area contributed by atoms with Gasteiger partial charge in [0.2, 0.25) is 5.91 Å². The Hall–Kier alpha value is -1.55. The molecular formula is C22H32N2O2. The van der Waals surface area contributed by atoms with E-state index in [4.69, 9.17) is 4.74 Å². The Labute approximate surface area is 157 Å². The molecule has 0 aromatic heterocycles. The van der Waals surface area contributed by atoms with Gasteiger partial charge in [-0.05, 0) is 56.3 Å². The van der Waals surface area contributed by atoms with Crippen molar-refractivity contribution in [3.63, 3.8) is 0 Å². The molecule has 1 aromatic carbocycles. The Bertz CT molecular complexity index is 641. The minimum absolute atomic E-state index is 0.117. The van der Waals surface area contributed by atoms with E-state index in [2.05, 4.69) is 21.9 Å². The van der Waals surface area contributed by atoms with Gasteiger partial charge in [-0.1, -0.05) is 31.4 Å². The van der Waals surface area contributed by atoms with Gasteiger partial charge in [-0.25, -0.2) is 0 Å². The van der Waals surface area contributed by atoms with Gasteiger partial charge in [-0.2, -0.15) is 0 Å². The summed E-state index contributed by atoms with van der Waals surface area (Å²) in [6.07, 6.45) is 10.0. The molecule has 1 saturated carbocycles. The largest absolute Gasteiger partial charge is 0.497 e. The summed E-state index contributed by atoms with van der Waals surface area (Å²) in [6, 6.07) is 8.85. The number of likely N-dealkylation sites (tertiary alicyclic amines) is 2. The van der Waals surface area contributed by atoms with Gasteiger partial charge in [-0.15, -0.1) is 0 Å². The van der Waals surface area contributed by atoms with Crippen molar-refractivity contribution in [3.8, 4) is 5.75 Å². The van der Waals surface area contributed by atoms with Gasteiger partial charge in [0.05, 0.1) is 12.5 Å². The van der Waals surface area contributed by atoms with Crippen molar-refractivity contribution in [2.45, 2.75) is 64.0 Å². The third kappa shape index (κ3) is 3.48. The zero-order valence-electron chi connectivity index (χ0n) is 16.1. The lowest BCUT2D eigenvalue weighted by Gasteiger charge is -2.40. The highest BCUT2D eigenvalue weighted by atomic mass is 16.5. The van der Waals surface area contributed by atoms with Gasteiger partial charge < -0.3 is 9.64 Å². The molecule has 3 aliphatic rings. The summed E-state index contributed by atoms with van der Waals surface area (Å²) in [5, 5.41) is 0. The van der Waals surface area contributed by atoms with Gasteiger partial charge >= 0.3 is 0 Å². The van der Waals surface area contributed by atoms with Crippen LogP contribution in [0.25, 0.3) is 0 Å². The first-order chi connectivity index (χ1) is 12.7. The van der Waals surface area contributed by atoms with Crippen LogP contribution in [-0.2, 0) is 11.3 Å². The fourth-order valence-electron chi connectivity index (χ4n) is 5.34. The average molecular weight is 357 g/mol. The Morgan fingerprint density at radius 2 is 1.96 bits per heavy atom. The molecule has 1 unspecified atom stereocenters. The van der Waals surface area contributed by atoms with Crippen molar-refractivity contribution in [3.05, 3.63) is 29.8 Å². The maximum Gasteiger partial charge on any atom is 0.230 e. The number of carbonyl (C=O) groups is 1. The SMILES string of the molecule is COc1cccc(CN2CCCC3(CCN(C4CCCCC4)C3)C2=O)c1. The molecule has 3 fully saturated rings. The molecule has 26 heavy (non-hydrogen) atoms. The molecule has 4 rings (SSSR count). The topological polar surface area (TPSA) is 32.8 Å². The van der Waals surface area contributed by atoms with Crippen LogP contribution >= 0.6 is 0 Å². The van der Waals surface area contributed by atoms with Gasteiger partial charge in [0, 0.05) is 25.7 Å². The summed E-state index contributed by atoms with van der Waals surface area (Å²) in [5.74, 6) is 1.26. The quantitative estimate of drug-likeness (QED) is 0.822. The van der Waals surface area contributed by atoms with Gasteiger partial charge in [0.25, 0.3) is 0 Å². The number of benzene rings is 1. The number of hydrogen-bond donors (Lipinski definition) is 0. The summed E-state index contributed by atoms with van der Waals surface area (Å²) >= 11 is 0. The molecular weight excluding hydrogens is 324 g/mol. The number of nitrogens with zero attached hydrogens (tertiary/aromatic N) is 2. The Kier molecular flexibility index (Phi) is 5.21. The first-order valence-electron chi connectivity index (χ1n) is 10.4. The van der Waals surface area contributed by atoms with Crippen LogP contribution in [0.3, 0.4) is 0 Å². The molecule has 4 heteroatoms. The van der Waals surface area contributed by atoms with Gasteiger partial charge in [-0.3, -0.25) is 9.69 Å². The molecule has 1 aromatic rings. The van der Waals surface area contributed by atoms with Crippen LogP contribution in [0.5, 0.6) is 5.75 Å². The number of rotatable bonds is 4. The lowest BCUT2D eigenvalue weighted by Crippen LogP contribution is -2.50. The van der Waals surface area contributed by atoms with Crippen molar-refractivity contribution in [1.82, 2.24) is 9.80 Å². The van der Waals surface area contributed by atoms with E-state index < -0.39 is 0 Å². The molecule has 0 N–H and O–H groups in total. The summed E-state index contributed by atoms with van der Waals surface area (Å²) in [7, 11) is 1.69. The van der Waals surface area contributed by atoms with Crippen LogP contribution in [0.15, 0.2) is 24.3 Å². The fraction of sp³-hybridized carbons (Fsp3) is 0.682. The zero-order chi connectivity index (χ0) is 18.0. The van der Waals surface area contributed by atoms with Crippen molar-refractivity contribution >= 4 is 5.91 Å². The van der Waals surface area contributed by atoms with Crippen LogP contribution in [-0.4, -0.2) is 48.5 Å². The van der Waals surface area contributed by atoms with E-state index in [0.29, 0.717) is 12.5 Å². The smallest absolute Gasteiger partial charge is 0.230 e. The molecule has 4 nitrogen and oxygen atoms in total. The van der Waals surface area contributed by atoms with Crippen LogP contribution in [0.2, 0.25) is 0 Å². The molecule has 1 spiro atoms. The number of amides is 1. The standard InChI is InChI=1S/C22H32N2O2/c1-26-20-10-5-7-18(15-20)16-23-13-6-11-22(21(23)25)12-14-24(17-22)19-8-3-2-4-9-19/h5,7,10,15,19H,2-4,6,8-9,11-14,16-17H2,1H3. The lowest BCUT2D eigenvalue weighted by atomic mass is 9.78. The fourth-order valence-corrected chi connectivity index (χ4v) is 5.34. The van der Waals surface area contributed by atoms with E-state index in [1.54, 1.807) is 7.11 Å². The predicted molar refractivity (Wildman–Crippen MR) is 103 cm³/mol. The van der Waals surface area contributed by atoms with E-state index in [1.165, 1.54) is 32.1 Å². The van der Waals surface area contributed by atoms with Crippen molar-refractivity contribution in [2.75, 3.05) is 26.7 Å². The molecule has 0 radical (unpaired) electrons. The van der Waals surface area contributed by atoms with Crippen LogP contribution in [0, 0.1) is 5.41 Å². The highest BCUT2D eigenvalue weighted by molar-refractivity contribution is 5.84. The summed E-state index contributed by atoms with van der Waals surface area (Å²) in [4.78, 5) is 18.1. The van der Waals surface area contributed by atoms with Gasteiger partial charge in [0.1, 0.15) is 5.75 Å². The third-order valence-corrected chi connectivity index (χ3v) is 6.81. The second kappa shape index (κ2) is 7.59. The molecule has 1 amide bonds. The van der Waals surface area contributed by atoms with Crippen molar-refractivity contribution in [2.24, 2.45) is 5.41 Å². The van der Waals surface area contributed by atoms with Crippen LogP contribution < -0.4 is 4.74 Å². The second-order valence-corrected chi connectivity index (χ2v) is 8.47. The molecule has 2 saturated heterocycles.